The second-order valence-electron chi connectivity index (χ2n) is 15.7. The van der Waals surface area contributed by atoms with Crippen molar-refractivity contribution in [3.8, 4) is 11.5 Å². The highest BCUT2D eigenvalue weighted by Crippen LogP contribution is 2.41. The monoisotopic (exact) mass is 710 g/mol. The number of nitrogens with zero attached hydrogens (tertiary/aromatic N) is 7. The van der Waals surface area contributed by atoms with E-state index in [9.17, 15) is 9.59 Å². The molecule has 0 aliphatic carbocycles. The number of piperazine rings is 1. The van der Waals surface area contributed by atoms with Gasteiger partial charge in [-0.05, 0) is 75.6 Å². The molecule has 0 saturated carbocycles. The van der Waals surface area contributed by atoms with Gasteiger partial charge in [-0.15, -0.1) is 5.54 Å². The number of rotatable bonds is 8. The van der Waals surface area contributed by atoms with E-state index < -0.39 is 19.8 Å². The first-order valence-corrected chi connectivity index (χ1v) is 20.2. The predicted octanol–water partition coefficient (Wildman–Crippen LogP) is 7.19. The van der Waals surface area contributed by atoms with Gasteiger partial charge in [0.25, 0.3) is 5.56 Å². The number of carbonyl (C=O) groups is 1. The minimum atomic E-state index is -2.12. The molecule has 4 heterocycles. The van der Waals surface area contributed by atoms with Crippen LogP contribution in [0, 0.1) is 18.4 Å². The third-order valence-corrected chi connectivity index (χ3v) is 16.4. The maximum atomic E-state index is 14.3. The average molecular weight is 711 g/mol. The number of nitrogens with one attached hydrogen (secondary N) is 1. The Labute approximate surface area is 303 Å². The smallest absolute Gasteiger partial charge is 0.420 e. The molecule has 3 aromatic heterocycles. The second kappa shape index (κ2) is 15.0. The van der Waals surface area contributed by atoms with E-state index in [1.807, 2.05) is 39.8 Å². The van der Waals surface area contributed by atoms with Gasteiger partial charge in [-0.1, -0.05) is 47.5 Å². The molecule has 4 aromatic rings. The number of carbonyl (C=O) groups excluding carboxylic acids is 1. The zero-order valence-corrected chi connectivity index (χ0v) is 33.2. The molecular weight excluding hydrogens is 657 g/mol. The Morgan fingerprint density at radius 3 is 2.20 bits per heavy atom. The fourth-order valence-corrected chi connectivity index (χ4v) is 12.6. The molecule has 1 aliphatic heterocycles. The molecule has 1 fully saturated rings. The highest BCUT2D eigenvalue weighted by atomic mass is 28.3. The highest BCUT2D eigenvalue weighted by Gasteiger charge is 2.41. The quantitative estimate of drug-likeness (QED) is 0.150. The van der Waals surface area contributed by atoms with Gasteiger partial charge in [-0.25, -0.2) is 19.3 Å². The summed E-state index contributed by atoms with van der Waals surface area (Å²) in [5.41, 5.74) is 8.22. The van der Waals surface area contributed by atoms with Crippen molar-refractivity contribution in [3.05, 3.63) is 70.2 Å². The number of hydrogen-bond acceptors (Lipinski definition) is 9. The second-order valence-corrected chi connectivity index (χ2v) is 21.2. The molecule has 0 bridgehead atoms. The molecule has 1 aromatic carbocycles. The van der Waals surface area contributed by atoms with Crippen LogP contribution < -0.4 is 15.8 Å². The van der Waals surface area contributed by atoms with Crippen LogP contribution in [0.1, 0.15) is 79.1 Å². The number of ether oxygens (including phenoxy) is 1. The third-order valence-electron chi connectivity index (χ3n) is 10.1. The van der Waals surface area contributed by atoms with Gasteiger partial charge in [0.2, 0.25) is 5.95 Å². The molecule has 0 amide bonds. The average Bonchev–Trinajstić information content (AvgIpc) is 3.53. The standard InChI is InChI=1S/C39H54N8O3Si/c1-26(2)51(27(3)4,28(5)6)21-16-33-29(7)36(48)46(24-32-22-40-25-47(32)38(49)50-39(8,9)10)35-34(33)23-41-37(43-35)42-30-12-14-31(15-13-30)45-19-17-44(11)18-20-45/h12-15,22-23,25-28H,17-20,24H2,1-11H3,(H,41,42,43). The largest absolute Gasteiger partial charge is 0.443 e. The number of anilines is 3. The van der Waals surface area contributed by atoms with E-state index in [1.165, 1.54) is 16.6 Å². The molecule has 1 aliphatic rings. The zero-order chi connectivity index (χ0) is 37.2. The molecule has 0 spiro atoms. The normalized spacial score (nSPS) is 14.4. The number of benzene rings is 1. The van der Waals surface area contributed by atoms with E-state index in [0.717, 1.165) is 31.9 Å². The van der Waals surface area contributed by atoms with E-state index in [2.05, 4.69) is 92.3 Å². The first kappa shape index (κ1) is 37.8. The molecule has 272 valence electrons. The summed E-state index contributed by atoms with van der Waals surface area (Å²) < 4.78 is 8.54. The lowest BCUT2D eigenvalue weighted by Crippen LogP contribution is -2.44. The number of likely N-dealkylation sites (N-methyl/N-ethyl adjacent to an activating group) is 1. The number of aromatic nitrogens is 5. The van der Waals surface area contributed by atoms with Gasteiger partial charge in [0, 0.05) is 54.9 Å². The van der Waals surface area contributed by atoms with Crippen LogP contribution in [0.15, 0.2) is 47.8 Å². The Morgan fingerprint density at radius 1 is 0.980 bits per heavy atom. The highest BCUT2D eigenvalue weighted by molar-refractivity contribution is 6.90. The van der Waals surface area contributed by atoms with E-state index in [4.69, 9.17) is 14.7 Å². The summed E-state index contributed by atoms with van der Waals surface area (Å²) in [6, 6.07) is 8.25. The van der Waals surface area contributed by atoms with Crippen LogP contribution in [0.25, 0.3) is 11.0 Å². The van der Waals surface area contributed by atoms with Gasteiger partial charge in [0.15, 0.2) is 0 Å². The van der Waals surface area contributed by atoms with Crippen LogP contribution in [-0.4, -0.2) is 82.0 Å². The molecule has 12 heteroatoms. The summed E-state index contributed by atoms with van der Waals surface area (Å²) in [5, 5.41) is 4.02. The SMILES string of the molecule is Cc1c(C#C[Si](C(C)C)(C(C)C)C(C)C)c2cnc(Nc3ccc(N4CCN(C)CC4)cc3)nc2n(Cc2cncn2C(=O)OC(C)(C)C)c1=O. The molecule has 0 unspecified atom stereocenters. The Bertz CT molecular complexity index is 1970. The Morgan fingerprint density at radius 2 is 1.61 bits per heavy atom. The first-order chi connectivity index (χ1) is 24.0. The van der Waals surface area contributed by atoms with Crippen molar-refractivity contribution in [1.29, 1.82) is 0 Å². The summed E-state index contributed by atoms with van der Waals surface area (Å²) in [6.45, 7) is 25.0. The van der Waals surface area contributed by atoms with Crippen molar-refractivity contribution in [2.45, 2.75) is 98.0 Å². The van der Waals surface area contributed by atoms with Crippen molar-refractivity contribution in [1.82, 2.24) is 29.0 Å². The lowest BCUT2D eigenvalue weighted by Gasteiger charge is -2.38. The van der Waals surface area contributed by atoms with Gasteiger partial charge in [-0.2, -0.15) is 4.98 Å². The van der Waals surface area contributed by atoms with Crippen LogP contribution in [0.4, 0.5) is 22.1 Å². The van der Waals surface area contributed by atoms with Gasteiger partial charge in [-0.3, -0.25) is 9.36 Å². The lowest BCUT2D eigenvalue weighted by atomic mass is 10.1. The van der Waals surface area contributed by atoms with Crippen molar-refractivity contribution in [2.24, 2.45) is 0 Å². The van der Waals surface area contributed by atoms with Crippen LogP contribution >= 0.6 is 0 Å². The molecule has 1 saturated heterocycles. The van der Waals surface area contributed by atoms with Crippen molar-refractivity contribution < 1.29 is 9.53 Å². The maximum Gasteiger partial charge on any atom is 0.420 e. The van der Waals surface area contributed by atoms with E-state index in [-0.39, 0.29) is 12.1 Å². The lowest BCUT2D eigenvalue weighted by molar-refractivity contribution is 0.0531. The summed E-state index contributed by atoms with van der Waals surface area (Å²) in [5.74, 6) is 3.88. The maximum absolute atomic E-state index is 14.3. The van der Waals surface area contributed by atoms with Crippen LogP contribution in [-0.2, 0) is 11.3 Å². The summed E-state index contributed by atoms with van der Waals surface area (Å²) in [4.78, 5) is 46.0. The van der Waals surface area contributed by atoms with Crippen LogP contribution in [0.2, 0.25) is 16.6 Å². The summed E-state index contributed by atoms with van der Waals surface area (Å²) in [6.07, 6.45) is 4.16. The molecule has 0 radical (unpaired) electrons. The summed E-state index contributed by atoms with van der Waals surface area (Å²) in [7, 11) is 0.0324. The predicted molar refractivity (Wildman–Crippen MR) is 209 cm³/mol. The Balaban J connectivity index is 1.61. The third kappa shape index (κ3) is 8.05. The minimum absolute atomic E-state index is 0.0436. The Hall–Kier alpha value is -4.47. The first-order valence-electron chi connectivity index (χ1n) is 18.0. The van der Waals surface area contributed by atoms with Crippen molar-refractivity contribution >= 4 is 42.5 Å². The van der Waals surface area contributed by atoms with E-state index >= 15 is 0 Å². The van der Waals surface area contributed by atoms with Gasteiger partial charge < -0.3 is 19.9 Å². The molecule has 51 heavy (non-hydrogen) atoms. The fourth-order valence-electron chi connectivity index (χ4n) is 7.36. The molecule has 5 rings (SSSR count). The molecule has 11 nitrogen and oxygen atoms in total. The zero-order valence-electron chi connectivity index (χ0n) is 32.2. The van der Waals surface area contributed by atoms with Crippen molar-refractivity contribution in [2.75, 3.05) is 43.4 Å². The number of hydrogen-bond donors (Lipinski definition) is 1. The summed E-state index contributed by atoms with van der Waals surface area (Å²) >= 11 is 0. The van der Waals surface area contributed by atoms with Crippen LogP contribution in [0.5, 0.6) is 0 Å². The van der Waals surface area contributed by atoms with E-state index in [0.29, 0.717) is 50.4 Å². The number of fused-ring (bicyclic) bond motifs is 1. The Kier molecular flexibility index (Phi) is 11.1. The fraction of sp³-hybridized carbons (Fsp3) is 0.513. The van der Waals surface area contributed by atoms with Crippen molar-refractivity contribution in [3.63, 3.8) is 0 Å². The molecular formula is C39H54N8O3Si. The van der Waals surface area contributed by atoms with Gasteiger partial charge in [0.05, 0.1) is 23.8 Å². The van der Waals surface area contributed by atoms with Gasteiger partial charge >= 0.3 is 6.09 Å². The molecule has 0 atom stereocenters. The van der Waals surface area contributed by atoms with Crippen LogP contribution in [0.3, 0.4) is 0 Å². The topological polar surface area (TPSA) is 110 Å². The van der Waals surface area contributed by atoms with E-state index in [1.54, 1.807) is 17.0 Å². The number of imidazole rings is 1. The number of pyridine rings is 1. The minimum Gasteiger partial charge on any atom is -0.443 e. The molecule has 1 N–H and O–H groups in total. The van der Waals surface area contributed by atoms with Gasteiger partial charge in [0.1, 0.15) is 25.6 Å².